The van der Waals surface area contributed by atoms with Crippen LogP contribution in [0.25, 0.3) is 10.9 Å². The highest BCUT2D eigenvalue weighted by atomic mass is 16.1. The predicted molar refractivity (Wildman–Crippen MR) is 84.2 cm³/mol. The summed E-state index contributed by atoms with van der Waals surface area (Å²) in [7, 11) is 0. The minimum Gasteiger partial charge on any atom is -0.361 e. The minimum atomic E-state index is 0.0400. The SMILES string of the molecule is O=C(NCc1c[nH]c2ccccc12)C1CCc2nc[nH]c2C1. The molecule has 1 aliphatic rings. The fourth-order valence-corrected chi connectivity index (χ4v) is 3.23. The molecular formula is C17H18N4O. The first-order chi connectivity index (χ1) is 10.8. The number of rotatable bonds is 3. The number of fused-ring (bicyclic) bond motifs is 2. The standard InChI is InChI=1S/C17H18N4O/c22-17(11-5-6-15-16(7-11)21-10-20-15)19-9-12-8-18-14-4-2-1-3-13(12)14/h1-4,8,10-11,18H,5-7,9H2,(H,19,22)(H,20,21). The number of hydrogen-bond donors (Lipinski definition) is 3. The highest BCUT2D eigenvalue weighted by Gasteiger charge is 2.26. The zero-order valence-corrected chi connectivity index (χ0v) is 12.2. The van der Waals surface area contributed by atoms with Gasteiger partial charge in [-0.15, -0.1) is 0 Å². The molecule has 3 N–H and O–H groups in total. The van der Waals surface area contributed by atoms with Gasteiger partial charge in [-0.25, -0.2) is 4.98 Å². The van der Waals surface area contributed by atoms with Crippen LogP contribution in [0.3, 0.4) is 0 Å². The fourth-order valence-electron chi connectivity index (χ4n) is 3.23. The third-order valence-electron chi connectivity index (χ3n) is 4.49. The number of para-hydroxylation sites is 1. The van der Waals surface area contributed by atoms with Gasteiger partial charge in [0.2, 0.25) is 5.91 Å². The molecule has 22 heavy (non-hydrogen) atoms. The number of amides is 1. The molecule has 0 saturated carbocycles. The Morgan fingerprint density at radius 1 is 1.32 bits per heavy atom. The lowest BCUT2D eigenvalue weighted by atomic mass is 9.89. The van der Waals surface area contributed by atoms with E-state index >= 15 is 0 Å². The van der Waals surface area contributed by atoms with Gasteiger partial charge in [-0.3, -0.25) is 4.79 Å². The number of H-pyrrole nitrogens is 2. The van der Waals surface area contributed by atoms with E-state index < -0.39 is 0 Å². The summed E-state index contributed by atoms with van der Waals surface area (Å²) in [4.78, 5) is 23.1. The van der Waals surface area contributed by atoms with E-state index in [1.807, 2.05) is 24.4 Å². The minimum absolute atomic E-state index is 0.0400. The zero-order valence-electron chi connectivity index (χ0n) is 12.2. The van der Waals surface area contributed by atoms with Crippen molar-refractivity contribution in [3.8, 4) is 0 Å². The van der Waals surface area contributed by atoms with E-state index in [-0.39, 0.29) is 11.8 Å². The van der Waals surface area contributed by atoms with Crippen LogP contribution in [0.15, 0.2) is 36.8 Å². The number of carbonyl (C=O) groups is 1. The van der Waals surface area contributed by atoms with Crippen LogP contribution in [-0.4, -0.2) is 20.9 Å². The number of aryl methyl sites for hydroxylation is 1. The van der Waals surface area contributed by atoms with Gasteiger partial charge in [-0.1, -0.05) is 18.2 Å². The van der Waals surface area contributed by atoms with Crippen molar-refractivity contribution in [1.82, 2.24) is 20.3 Å². The zero-order chi connectivity index (χ0) is 14.9. The molecule has 0 aliphatic heterocycles. The van der Waals surface area contributed by atoms with E-state index in [0.29, 0.717) is 6.54 Å². The van der Waals surface area contributed by atoms with Gasteiger partial charge in [0.25, 0.3) is 0 Å². The summed E-state index contributed by atoms with van der Waals surface area (Å²) in [5.41, 5.74) is 4.45. The molecule has 1 aliphatic carbocycles. The fraction of sp³-hybridized carbons (Fsp3) is 0.294. The number of aromatic amines is 2. The molecular weight excluding hydrogens is 276 g/mol. The third kappa shape index (κ3) is 2.28. The Morgan fingerprint density at radius 2 is 2.23 bits per heavy atom. The van der Waals surface area contributed by atoms with Crippen LogP contribution >= 0.6 is 0 Å². The first kappa shape index (κ1) is 13.1. The quantitative estimate of drug-likeness (QED) is 0.693. The molecule has 1 aromatic carbocycles. The molecule has 5 nitrogen and oxygen atoms in total. The molecule has 0 fully saturated rings. The largest absolute Gasteiger partial charge is 0.361 e. The first-order valence-electron chi connectivity index (χ1n) is 7.65. The Labute approximate surface area is 128 Å². The van der Waals surface area contributed by atoms with Crippen LogP contribution in [-0.2, 0) is 24.2 Å². The van der Waals surface area contributed by atoms with Crippen molar-refractivity contribution in [2.75, 3.05) is 0 Å². The summed E-state index contributed by atoms with van der Waals surface area (Å²) in [6, 6.07) is 8.14. The van der Waals surface area contributed by atoms with Gasteiger partial charge in [0.1, 0.15) is 0 Å². The van der Waals surface area contributed by atoms with Gasteiger partial charge in [0.15, 0.2) is 0 Å². The number of benzene rings is 1. The van der Waals surface area contributed by atoms with E-state index in [0.717, 1.165) is 41.7 Å². The van der Waals surface area contributed by atoms with Gasteiger partial charge in [-0.2, -0.15) is 0 Å². The second-order valence-electron chi connectivity index (χ2n) is 5.84. The van der Waals surface area contributed by atoms with Crippen LogP contribution in [0.5, 0.6) is 0 Å². The van der Waals surface area contributed by atoms with E-state index in [4.69, 9.17) is 0 Å². The van der Waals surface area contributed by atoms with Crippen molar-refractivity contribution in [3.05, 3.63) is 53.7 Å². The van der Waals surface area contributed by atoms with Crippen molar-refractivity contribution in [2.24, 2.45) is 5.92 Å². The van der Waals surface area contributed by atoms with Crippen molar-refractivity contribution >= 4 is 16.8 Å². The lowest BCUT2D eigenvalue weighted by molar-refractivity contribution is -0.125. The molecule has 0 bridgehead atoms. The van der Waals surface area contributed by atoms with Gasteiger partial charge in [-0.05, 0) is 24.5 Å². The van der Waals surface area contributed by atoms with Gasteiger partial charge in [0.05, 0.1) is 12.0 Å². The maximum Gasteiger partial charge on any atom is 0.223 e. The highest BCUT2D eigenvalue weighted by Crippen LogP contribution is 2.23. The van der Waals surface area contributed by atoms with Crippen LogP contribution in [0.4, 0.5) is 0 Å². The summed E-state index contributed by atoms with van der Waals surface area (Å²) in [5.74, 6) is 0.170. The molecule has 0 saturated heterocycles. The van der Waals surface area contributed by atoms with E-state index in [1.54, 1.807) is 6.33 Å². The van der Waals surface area contributed by atoms with E-state index in [1.165, 1.54) is 5.39 Å². The summed E-state index contributed by atoms with van der Waals surface area (Å²) in [6.45, 7) is 0.565. The maximum atomic E-state index is 12.4. The van der Waals surface area contributed by atoms with Crippen molar-refractivity contribution in [3.63, 3.8) is 0 Å². The van der Waals surface area contributed by atoms with Gasteiger partial charge in [0, 0.05) is 41.7 Å². The van der Waals surface area contributed by atoms with E-state index in [2.05, 4.69) is 26.3 Å². The number of carbonyl (C=O) groups excluding carboxylic acids is 1. The average Bonchev–Trinajstić information content (AvgIpc) is 3.18. The second kappa shape index (κ2) is 5.33. The number of hydrogen-bond acceptors (Lipinski definition) is 2. The predicted octanol–water partition coefficient (Wildman–Crippen LogP) is 2.31. The van der Waals surface area contributed by atoms with Crippen molar-refractivity contribution in [1.29, 1.82) is 0 Å². The Bertz CT molecular complexity index is 817. The Hall–Kier alpha value is -2.56. The first-order valence-corrected chi connectivity index (χ1v) is 7.65. The summed E-state index contributed by atoms with van der Waals surface area (Å²) < 4.78 is 0. The molecule has 1 atom stereocenters. The number of imidazole rings is 1. The molecule has 0 spiro atoms. The topological polar surface area (TPSA) is 73.6 Å². The molecule has 112 valence electrons. The summed E-state index contributed by atoms with van der Waals surface area (Å²) in [6.07, 6.45) is 6.20. The van der Waals surface area contributed by atoms with Gasteiger partial charge >= 0.3 is 0 Å². The van der Waals surface area contributed by atoms with Crippen LogP contribution in [0.1, 0.15) is 23.4 Å². The normalized spacial score (nSPS) is 17.4. The number of aromatic nitrogens is 3. The second-order valence-corrected chi connectivity index (χ2v) is 5.84. The molecule has 0 radical (unpaired) electrons. The summed E-state index contributed by atoms with van der Waals surface area (Å²) in [5, 5.41) is 4.25. The Kier molecular flexibility index (Phi) is 3.18. The lowest BCUT2D eigenvalue weighted by Crippen LogP contribution is -2.33. The van der Waals surface area contributed by atoms with Gasteiger partial charge < -0.3 is 15.3 Å². The molecule has 1 unspecified atom stereocenters. The summed E-state index contributed by atoms with van der Waals surface area (Å²) >= 11 is 0. The highest BCUT2D eigenvalue weighted by molar-refractivity contribution is 5.84. The molecule has 3 aromatic rings. The monoisotopic (exact) mass is 294 g/mol. The average molecular weight is 294 g/mol. The smallest absolute Gasteiger partial charge is 0.223 e. The molecule has 4 rings (SSSR count). The molecule has 2 heterocycles. The lowest BCUT2D eigenvalue weighted by Gasteiger charge is -2.20. The van der Waals surface area contributed by atoms with E-state index in [9.17, 15) is 4.79 Å². The Balaban J connectivity index is 1.43. The van der Waals surface area contributed by atoms with Crippen LogP contribution in [0, 0.1) is 5.92 Å². The van der Waals surface area contributed by atoms with Crippen molar-refractivity contribution in [2.45, 2.75) is 25.8 Å². The molecule has 1 amide bonds. The Morgan fingerprint density at radius 3 is 3.18 bits per heavy atom. The number of nitrogens with zero attached hydrogens (tertiary/aromatic N) is 1. The molecule has 5 heteroatoms. The van der Waals surface area contributed by atoms with Crippen molar-refractivity contribution < 1.29 is 4.79 Å². The number of nitrogens with one attached hydrogen (secondary N) is 3. The third-order valence-corrected chi connectivity index (χ3v) is 4.49. The van der Waals surface area contributed by atoms with Crippen LogP contribution < -0.4 is 5.32 Å². The maximum absolute atomic E-state index is 12.4. The van der Waals surface area contributed by atoms with Crippen LogP contribution in [0.2, 0.25) is 0 Å². The molecule has 2 aromatic heterocycles.